The molecular formula is C16H16N2O7. The molecule has 9 heteroatoms. The first-order valence-corrected chi connectivity index (χ1v) is 7.50. The number of fused-ring (bicyclic) bond motifs is 2. The van der Waals surface area contributed by atoms with Gasteiger partial charge >= 0.3 is 5.97 Å². The summed E-state index contributed by atoms with van der Waals surface area (Å²) >= 11 is 0. The number of carbonyl (C=O) groups excluding carboxylic acids is 1. The number of nitrogens with one attached hydrogen (secondary N) is 1. The SMILES string of the molecule is COc1ccc([N+](=O)[O-])cc1NC(=O)[C@@H]1[C@H](C(=O)O)[C@H]2C=C[C@@]1(C)O2. The van der Waals surface area contributed by atoms with Crippen molar-refractivity contribution in [1.29, 1.82) is 0 Å². The molecule has 2 bridgehead atoms. The molecule has 1 amide bonds. The standard InChI is InChI=1S/C16H16N2O7/c1-16-6-5-11(25-16)12(15(20)21)13(16)14(19)17-9-7-8(18(22)23)3-4-10(9)24-2/h3-7,11-13H,1-2H3,(H,17,19)(H,20,21)/t11-,12-,13+,16-/m1/s1. The predicted octanol–water partition coefficient (Wildman–Crippen LogP) is 1.59. The molecule has 1 fully saturated rings. The summed E-state index contributed by atoms with van der Waals surface area (Å²) in [4.78, 5) is 34.7. The van der Waals surface area contributed by atoms with Crippen molar-refractivity contribution in [2.75, 3.05) is 12.4 Å². The van der Waals surface area contributed by atoms with Gasteiger partial charge in [-0.05, 0) is 13.0 Å². The molecule has 1 aromatic rings. The van der Waals surface area contributed by atoms with Crippen LogP contribution in [-0.2, 0) is 14.3 Å². The highest BCUT2D eigenvalue weighted by molar-refractivity contribution is 5.98. The fourth-order valence-electron chi connectivity index (χ4n) is 3.40. The molecule has 9 nitrogen and oxygen atoms in total. The quantitative estimate of drug-likeness (QED) is 0.470. The van der Waals surface area contributed by atoms with Gasteiger partial charge in [0.1, 0.15) is 11.7 Å². The molecule has 25 heavy (non-hydrogen) atoms. The molecule has 2 aliphatic heterocycles. The van der Waals surface area contributed by atoms with Gasteiger partial charge in [0.15, 0.2) is 0 Å². The summed E-state index contributed by atoms with van der Waals surface area (Å²) < 4.78 is 10.7. The van der Waals surface area contributed by atoms with E-state index in [1.165, 1.54) is 25.3 Å². The maximum atomic E-state index is 12.8. The van der Waals surface area contributed by atoms with E-state index in [-0.39, 0.29) is 17.1 Å². The molecule has 0 aromatic heterocycles. The van der Waals surface area contributed by atoms with Gasteiger partial charge in [-0.1, -0.05) is 12.2 Å². The van der Waals surface area contributed by atoms with Crippen LogP contribution in [0.4, 0.5) is 11.4 Å². The Labute approximate surface area is 142 Å². The van der Waals surface area contributed by atoms with Crippen molar-refractivity contribution < 1.29 is 29.1 Å². The van der Waals surface area contributed by atoms with Crippen LogP contribution >= 0.6 is 0 Å². The van der Waals surface area contributed by atoms with E-state index in [2.05, 4.69) is 5.32 Å². The number of anilines is 1. The highest BCUT2D eigenvalue weighted by Crippen LogP contribution is 2.47. The monoisotopic (exact) mass is 348 g/mol. The van der Waals surface area contributed by atoms with Crippen LogP contribution in [0.25, 0.3) is 0 Å². The van der Waals surface area contributed by atoms with E-state index in [1.807, 2.05) is 0 Å². The zero-order valence-corrected chi connectivity index (χ0v) is 13.5. The Morgan fingerprint density at radius 1 is 1.44 bits per heavy atom. The zero-order valence-electron chi connectivity index (χ0n) is 13.5. The number of methoxy groups -OCH3 is 1. The van der Waals surface area contributed by atoms with Crippen LogP contribution < -0.4 is 10.1 Å². The zero-order chi connectivity index (χ0) is 18.4. The molecule has 3 rings (SSSR count). The smallest absolute Gasteiger partial charge is 0.310 e. The number of nitro groups is 1. The van der Waals surface area contributed by atoms with Crippen molar-refractivity contribution in [3.8, 4) is 5.75 Å². The van der Waals surface area contributed by atoms with Crippen LogP contribution in [0.2, 0.25) is 0 Å². The number of nitrogens with zero attached hydrogens (tertiary/aromatic N) is 1. The lowest BCUT2D eigenvalue weighted by Gasteiger charge is -2.28. The predicted molar refractivity (Wildman–Crippen MR) is 85.3 cm³/mol. The first-order chi connectivity index (χ1) is 11.8. The second-order valence-corrected chi connectivity index (χ2v) is 6.10. The number of nitro benzene ring substituents is 1. The molecular weight excluding hydrogens is 332 g/mol. The summed E-state index contributed by atoms with van der Waals surface area (Å²) in [6, 6.07) is 3.78. The molecule has 4 atom stereocenters. The lowest BCUT2D eigenvalue weighted by molar-refractivity contribution is -0.384. The molecule has 0 spiro atoms. The van der Waals surface area contributed by atoms with Crippen LogP contribution in [0.5, 0.6) is 5.75 Å². The average Bonchev–Trinajstić information content (AvgIpc) is 3.07. The summed E-state index contributed by atoms with van der Waals surface area (Å²) in [5.74, 6) is -3.50. The van der Waals surface area contributed by atoms with Gasteiger partial charge in [0.25, 0.3) is 5.69 Å². The van der Waals surface area contributed by atoms with Crippen molar-refractivity contribution in [2.24, 2.45) is 11.8 Å². The van der Waals surface area contributed by atoms with E-state index < -0.39 is 40.3 Å². The Balaban J connectivity index is 1.92. The Morgan fingerprint density at radius 3 is 2.76 bits per heavy atom. The Kier molecular flexibility index (Phi) is 3.96. The van der Waals surface area contributed by atoms with Crippen molar-refractivity contribution in [2.45, 2.75) is 18.6 Å². The van der Waals surface area contributed by atoms with E-state index in [0.29, 0.717) is 0 Å². The van der Waals surface area contributed by atoms with E-state index in [9.17, 15) is 24.8 Å². The minimum absolute atomic E-state index is 0.0983. The molecule has 2 aliphatic rings. The first-order valence-electron chi connectivity index (χ1n) is 7.50. The number of ether oxygens (including phenoxy) is 2. The number of amides is 1. The fourth-order valence-corrected chi connectivity index (χ4v) is 3.40. The molecule has 0 unspecified atom stereocenters. The van der Waals surface area contributed by atoms with Gasteiger partial charge in [0, 0.05) is 12.1 Å². The lowest BCUT2D eigenvalue weighted by Crippen LogP contribution is -2.44. The topological polar surface area (TPSA) is 128 Å². The summed E-state index contributed by atoms with van der Waals surface area (Å²) in [7, 11) is 1.36. The molecule has 0 radical (unpaired) electrons. The molecule has 2 heterocycles. The maximum absolute atomic E-state index is 12.8. The molecule has 1 aromatic carbocycles. The number of non-ortho nitro benzene ring substituents is 1. The van der Waals surface area contributed by atoms with Gasteiger partial charge in [-0.15, -0.1) is 0 Å². The van der Waals surface area contributed by atoms with E-state index in [1.54, 1.807) is 19.1 Å². The number of hydrogen-bond donors (Lipinski definition) is 2. The van der Waals surface area contributed by atoms with Gasteiger partial charge < -0.3 is 19.9 Å². The van der Waals surface area contributed by atoms with Gasteiger partial charge in [-0.2, -0.15) is 0 Å². The second-order valence-electron chi connectivity index (χ2n) is 6.10. The fraction of sp³-hybridized carbons (Fsp3) is 0.375. The Morgan fingerprint density at radius 2 is 2.16 bits per heavy atom. The Hall–Kier alpha value is -2.94. The molecule has 2 N–H and O–H groups in total. The third-order valence-electron chi connectivity index (χ3n) is 4.56. The van der Waals surface area contributed by atoms with Crippen molar-refractivity contribution in [1.82, 2.24) is 0 Å². The number of benzene rings is 1. The molecule has 0 aliphatic carbocycles. The number of carbonyl (C=O) groups is 2. The summed E-state index contributed by atoms with van der Waals surface area (Å²) in [6.45, 7) is 1.64. The summed E-state index contributed by atoms with van der Waals surface area (Å²) in [5, 5.41) is 22.9. The van der Waals surface area contributed by atoms with Gasteiger partial charge in [-0.25, -0.2) is 0 Å². The number of rotatable bonds is 5. The lowest BCUT2D eigenvalue weighted by atomic mass is 9.75. The van der Waals surface area contributed by atoms with Crippen LogP contribution in [-0.4, -0.2) is 40.7 Å². The molecule has 132 valence electrons. The van der Waals surface area contributed by atoms with Crippen LogP contribution in [0.1, 0.15) is 6.92 Å². The third-order valence-corrected chi connectivity index (χ3v) is 4.56. The van der Waals surface area contributed by atoms with Gasteiger partial charge in [0.05, 0.1) is 35.3 Å². The van der Waals surface area contributed by atoms with Gasteiger partial charge in [0.2, 0.25) is 5.91 Å². The van der Waals surface area contributed by atoms with Crippen LogP contribution in [0.15, 0.2) is 30.4 Å². The molecule has 1 saturated heterocycles. The first kappa shape index (κ1) is 16.9. The van der Waals surface area contributed by atoms with Crippen LogP contribution in [0, 0.1) is 22.0 Å². The number of carboxylic acids is 1. The number of carboxylic acid groups (broad SMARTS) is 1. The normalized spacial score (nSPS) is 29.4. The molecule has 0 saturated carbocycles. The second kappa shape index (κ2) is 5.85. The number of hydrogen-bond acceptors (Lipinski definition) is 6. The highest BCUT2D eigenvalue weighted by atomic mass is 16.6. The Bertz CT molecular complexity index is 791. The maximum Gasteiger partial charge on any atom is 0.310 e. The van der Waals surface area contributed by atoms with Gasteiger partial charge in [-0.3, -0.25) is 19.7 Å². The van der Waals surface area contributed by atoms with E-state index >= 15 is 0 Å². The minimum atomic E-state index is -1.13. The van der Waals surface area contributed by atoms with E-state index in [4.69, 9.17) is 9.47 Å². The summed E-state index contributed by atoms with van der Waals surface area (Å²) in [6.07, 6.45) is 2.63. The summed E-state index contributed by atoms with van der Waals surface area (Å²) in [5.41, 5.74) is -1.16. The average molecular weight is 348 g/mol. The van der Waals surface area contributed by atoms with E-state index in [0.717, 1.165) is 0 Å². The van der Waals surface area contributed by atoms with Crippen LogP contribution in [0.3, 0.4) is 0 Å². The van der Waals surface area contributed by atoms with Crippen molar-refractivity contribution in [3.63, 3.8) is 0 Å². The highest BCUT2D eigenvalue weighted by Gasteiger charge is 2.59. The minimum Gasteiger partial charge on any atom is -0.495 e. The largest absolute Gasteiger partial charge is 0.495 e. The number of aliphatic carboxylic acids is 1. The third kappa shape index (κ3) is 2.72. The van der Waals surface area contributed by atoms with Crippen molar-refractivity contribution in [3.05, 3.63) is 40.5 Å². The van der Waals surface area contributed by atoms with Crippen molar-refractivity contribution >= 4 is 23.3 Å².